The van der Waals surface area contributed by atoms with E-state index in [9.17, 15) is 19.6 Å². The lowest BCUT2D eigenvalue weighted by atomic mass is 9.85. The van der Waals surface area contributed by atoms with E-state index in [4.69, 9.17) is 11.6 Å². The quantitative estimate of drug-likeness (QED) is 0.186. The molecule has 8 rings (SSSR count). The average molecular weight is 792 g/mol. The zero-order chi connectivity index (χ0) is 39.5. The summed E-state index contributed by atoms with van der Waals surface area (Å²) in [5.74, 6) is -0.225. The molecule has 0 unspecified atom stereocenters. The van der Waals surface area contributed by atoms with Gasteiger partial charge in [0.05, 0.1) is 28.4 Å². The Bertz CT molecular complexity index is 2200. The second-order valence-electron chi connectivity index (χ2n) is 15.0. The number of fused-ring (bicyclic) bond motifs is 1. The van der Waals surface area contributed by atoms with Gasteiger partial charge in [0.25, 0.3) is 5.91 Å². The first-order valence-corrected chi connectivity index (χ1v) is 19.8. The number of halogens is 2. The normalized spacial score (nSPS) is 20.1. The van der Waals surface area contributed by atoms with Crippen LogP contribution in [0.3, 0.4) is 0 Å². The van der Waals surface area contributed by atoms with Crippen LogP contribution in [0.5, 0.6) is 0 Å². The number of hydrogen-bond donors (Lipinski definition) is 3. The van der Waals surface area contributed by atoms with Crippen molar-refractivity contribution >= 4 is 58.1 Å². The number of anilines is 5. The van der Waals surface area contributed by atoms with Gasteiger partial charge in [0, 0.05) is 80.9 Å². The number of amides is 4. The van der Waals surface area contributed by atoms with Crippen molar-refractivity contribution in [3.8, 4) is 6.07 Å². The number of piperazine rings is 1. The minimum atomic E-state index is -0.847. The van der Waals surface area contributed by atoms with Gasteiger partial charge in [0.1, 0.15) is 24.0 Å². The standard InChI is InChI=1S/C41H43ClFN11O3/c42-34-21-31(6-3-27(34)22-44)53-15-13-32-35(24-53)45-25-46-39(32)49-36-12-11-33(38(43)48-36)40(56)47-28-4-1-26(2-5-28)23-51-17-19-52(20-18-51)29-7-9-30(10-8-29)54-16-14-37(55)50-41(54)57/h3,6-12,21,25-26,28H,1-2,4-5,13-20,23-24H2,(H,47,56)(H,50,55,57)(H,45,46,48,49)/t26-,28-. The lowest BCUT2D eigenvalue weighted by Crippen LogP contribution is -2.49. The van der Waals surface area contributed by atoms with E-state index in [0.29, 0.717) is 54.8 Å². The molecule has 0 radical (unpaired) electrons. The summed E-state index contributed by atoms with van der Waals surface area (Å²) in [4.78, 5) is 58.4. The SMILES string of the molecule is N#Cc1ccc(N2CCc3c(ncnc3Nc3ccc(C(=O)N[C@H]4CC[C@H](CN5CCN(c6ccc(N7CCC(=O)NC7=O)cc6)CC5)CC4)c(F)n3)C2)cc1Cl. The molecule has 16 heteroatoms. The average Bonchev–Trinajstić information content (AvgIpc) is 3.22. The highest BCUT2D eigenvalue weighted by molar-refractivity contribution is 6.32. The molecular weight excluding hydrogens is 749 g/mol. The Hall–Kier alpha value is -5.85. The zero-order valence-electron chi connectivity index (χ0n) is 31.4. The number of hydrogen-bond acceptors (Lipinski definition) is 11. The van der Waals surface area contributed by atoms with Gasteiger partial charge in [-0.3, -0.25) is 24.7 Å². The molecule has 294 valence electrons. The largest absolute Gasteiger partial charge is 0.369 e. The summed E-state index contributed by atoms with van der Waals surface area (Å²) >= 11 is 6.27. The van der Waals surface area contributed by atoms with E-state index >= 15 is 4.39 Å². The molecule has 1 aliphatic carbocycles. The molecule has 0 bridgehead atoms. The molecular formula is C41H43ClFN11O3. The lowest BCUT2D eigenvalue weighted by Gasteiger charge is -2.39. The second kappa shape index (κ2) is 16.7. The van der Waals surface area contributed by atoms with Gasteiger partial charge in [-0.2, -0.15) is 9.65 Å². The van der Waals surface area contributed by atoms with Crippen LogP contribution in [0.25, 0.3) is 0 Å². The van der Waals surface area contributed by atoms with Crippen LogP contribution in [0.15, 0.2) is 60.9 Å². The molecule has 0 spiro atoms. The predicted octanol–water partition coefficient (Wildman–Crippen LogP) is 5.40. The van der Waals surface area contributed by atoms with Gasteiger partial charge in [-0.15, -0.1) is 0 Å². The molecule has 3 N–H and O–H groups in total. The molecule has 3 aliphatic heterocycles. The maximum atomic E-state index is 15.3. The summed E-state index contributed by atoms with van der Waals surface area (Å²) in [5, 5.41) is 18.1. The maximum absolute atomic E-state index is 15.3. The maximum Gasteiger partial charge on any atom is 0.328 e. The monoisotopic (exact) mass is 791 g/mol. The summed E-state index contributed by atoms with van der Waals surface area (Å²) in [6, 6.07) is 18.0. The molecule has 14 nitrogen and oxygen atoms in total. The van der Waals surface area contributed by atoms with E-state index in [1.165, 1.54) is 12.4 Å². The highest BCUT2D eigenvalue weighted by Gasteiger charge is 2.29. The van der Waals surface area contributed by atoms with Gasteiger partial charge >= 0.3 is 6.03 Å². The highest BCUT2D eigenvalue weighted by Crippen LogP contribution is 2.31. The lowest BCUT2D eigenvalue weighted by molar-refractivity contribution is -0.120. The van der Waals surface area contributed by atoms with Crippen LogP contribution >= 0.6 is 11.6 Å². The fraction of sp³-hybridized carbons (Fsp3) is 0.390. The van der Waals surface area contributed by atoms with Crippen LogP contribution in [-0.2, 0) is 17.8 Å². The van der Waals surface area contributed by atoms with Crippen molar-refractivity contribution in [1.82, 2.24) is 30.5 Å². The number of carbonyl (C=O) groups excluding carboxylic acids is 3. The highest BCUT2D eigenvalue weighted by atomic mass is 35.5. The minimum absolute atomic E-state index is 0.0188. The van der Waals surface area contributed by atoms with Gasteiger partial charge in [0.2, 0.25) is 11.9 Å². The number of rotatable bonds is 9. The van der Waals surface area contributed by atoms with E-state index in [0.717, 1.165) is 86.7 Å². The third-order valence-corrected chi connectivity index (χ3v) is 11.7. The zero-order valence-corrected chi connectivity index (χ0v) is 32.1. The van der Waals surface area contributed by atoms with Crippen molar-refractivity contribution in [1.29, 1.82) is 5.26 Å². The molecule has 2 saturated heterocycles. The number of benzene rings is 2. The molecule has 1 saturated carbocycles. The van der Waals surface area contributed by atoms with Crippen LogP contribution in [0, 0.1) is 23.2 Å². The second-order valence-corrected chi connectivity index (χ2v) is 15.4. The number of pyridine rings is 1. The Morgan fingerprint density at radius 2 is 1.65 bits per heavy atom. The topological polar surface area (TPSA) is 163 Å². The van der Waals surface area contributed by atoms with Crippen LogP contribution in [-0.4, -0.2) is 89.6 Å². The van der Waals surface area contributed by atoms with Gasteiger partial charge < -0.3 is 20.4 Å². The van der Waals surface area contributed by atoms with Crippen LogP contribution in [0.1, 0.15) is 59.3 Å². The van der Waals surface area contributed by atoms with Crippen molar-refractivity contribution in [3.05, 3.63) is 94.3 Å². The number of urea groups is 1. The van der Waals surface area contributed by atoms with E-state index in [1.807, 2.05) is 30.3 Å². The van der Waals surface area contributed by atoms with Crippen molar-refractivity contribution in [3.63, 3.8) is 0 Å². The Labute approximate surface area is 335 Å². The first-order valence-electron chi connectivity index (χ1n) is 19.4. The van der Waals surface area contributed by atoms with E-state index in [-0.39, 0.29) is 29.4 Å². The first-order chi connectivity index (χ1) is 27.7. The number of nitrogens with one attached hydrogen (secondary N) is 3. The third kappa shape index (κ3) is 8.62. The summed E-state index contributed by atoms with van der Waals surface area (Å²) in [5.41, 5.74) is 4.84. The van der Waals surface area contributed by atoms with Crippen molar-refractivity contribution < 1.29 is 18.8 Å². The third-order valence-electron chi connectivity index (χ3n) is 11.4. The minimum Gasteiger partial charge on any atom is -0.369 e. The molecule has 2 aromatic carbocycles. The smallest absolute Gasteiger partial charge is 0.328 e. The summed E-state index contributed by atoms with van der Waals surface area (Å²) < 4.78 is 15.3. The fourth-order valence-corrected chi connectivity index (χ4v) is 8.45. The van der Waals surface area contributed by atoms with Crippen molar-refractivity contribution in [2.75, 3.05) is 65.8 Å². The summed E-state index contributed by atoms with van der Waals surface area (Å²) in [7, 11) is 0. The van der Waals surface area contributed by atoms with Gasteiger partial charge in [0.15, 0.2) is 0 Å². The molecule has 3 fully saturated rings. The van der Waals surface area contributed by atoms with Gasteiger partial charge in [-0.1, -0.05) is 11.6 Å². The molecule has 5 heterocycles. The summed E-state index contributed by atoms with van der Waals surface area (Å²) in [6.07, 6.45) is 6.06. The fourth-order valence-electron chi connectivity index (χ4n) is 8.23. The van der Waals surface area contributed by atoms with Gasteiger partial charge in [-0.05, 0) is 92.6 Å². The molecule has 2 aromatic heterocycles. The van der Waals surface area contributed by atoms with Crippen molar-refractivity contribution in [2.24, 2.45) is 5.92 Å². The Morgan fingerprint density at radius 3 is 2.37 bits per heavy atom. The molecule has 57 heavy (non-hydrogen) atoms. The number of aromatic nitrogens is 3. The van der Waals surface area contributed by atoms with Crippen LogP contribution in [0.2, 0.25) is 5.02 Å². The Balaban J connectivity index is 0.781. The Kier molecular flexibility index (Phi) is 11.2. The van der Waals surface area contributed by atoms with Crippen molar-refractivity contribution in [2.45, 2.75) is 51.1 Å². The van der Waals surface area contributed by atoms with Crippen LogP contribution < -0.4 is 30.7 Å². The molecule has 0 atom stereocenters. The summed E-state index contributed by atoms with van der Waals surface area (Å²) in [6.45, 7) is 6.33. The Morgan fingerprint density at radius 1 is 0.895 bits per heavy atom. The first kappa shape index (κ1) is 38.0. The predicted molar refractivity (Wildman–Crippen MR) is 214 cm³/mol. The van der Waals surface area contributed by atoms with Crippen LogP contribution in [0.4, 0.5) is 37.9 Å². The molecule has 4 aliphatic rings. The van der Waals surface area contributed by atoms with E-state index < -0.39 is 11.9 Å². The number of carbonyl (C=O) groups is 3. The molecule has 4 aromatic rings. The number of imide groups is 1. The number of nitriles is 1. The molecule has 4 amide bonds. The van der Waals surface area contributed by atoms with E-state index in [1.54, 1.807) is 23.1 Å². The van der Waals surface area contributed by atoms with E-state index in [2.05, 4.69) is 51.7 Å². The number of nitrogens with zero attached hydrogens (tertiary/aromatic N) is 8. The van der Waals surface area contributed by atoms with Gasteiger partial charge in [-0.25, -0.2) is 19.7 Å².